The van der Waals surface area contributed by atoms with E-state index in [1.165, 1.54) is 4.68 Å². The minimum Gasteiger partial charge on any atom is -0.345 e. The van der Waals surface area contributed by atoms with Gasteiger partial charge in [-0.2, -0.15) is 5.10 Å². The Bertz CT molecular complexity index is 885. The predicted octanol–water partition coefficient (Wildman–Crippen LogP) is 2.44. The van der Waals surface area contributed by atoms with Crippen LogP contribution in [0.15, 0.2) is 6.07 Å². The van der Waals surface area contributed by atoms with E-state index in [9.17, 15) is 14.4 Å². The average molecular weight is 447 g/mol. The molecule has 3 rings (SSSR count). The maximum Gasteiger partial charge on any atom is 0.314 e. The summed E-state index contributed by atoms with van der Waals surface area (Å²) in [6.45, 7) is 14.6. The highest BCUT2D eigenvalue weighted by Gasteiger charge is 2.36. The molecule has 1 saturated heterocycles. The number of carbonyl (C=O) groups excluding carboxylic acids is 3. The molecule has 178 valence electrons. The van der Waals surface area contributed by atoms with Crippen molar-refractivity contribution in [2.75, 3.05) is 5.32 Å². The van der Waals surface area contributed by atoms with E-state index in [2.05, 4.69) is 67.9 Å². The fraction of sp³-hybridized carbons (Fsp3) is 0.739. The molecule has 0 bridgehead atoms. The maximum absolute atomic E-state index is 12.7. The second-order valence-electron chi connectivity index (χ2n) is 11.4. The fourth-order valence-corrected chi connectivity index (χ4v) is 5.06. The Labute approximate surface area is 190 Å². The van der Waals surface area contributed by atoms with Crippen LogP contribution in [0.3, 0.4) is 0 Å². The third kappa shape index (κ3) is 5.88. The number of anilines is 1. The highest BCUT2D eigenvalue weighted by molar-refractivity contribution is 6.39. The summed E-state index contributed by atoms with van der Waals surface area (Å²) in [6.07, 6.45) is 2.57. The van der Waals surface area contributed by atoms with Gasteiger partial charge in [0, 0.05) is 24.6 Å². The number of hydrogen-bond acceptors (Lipinski definition) is 5. The number of nitrogens with zero attached hydrogens (tertiary/aromatic N) is 2. The number of carbonyl (C=O) groups is 3. The predicted molar refractivity (Wildman–Crippen MR) is 122 cm³/mol. The molecule has 4 N–H and O–H groups in total. The van der Waals surface area contributed by atoms with Crippen molar-refractivity contribution in [1.29, 1.82) is 0 Å². The van der Waals surface area contributed by atoms with Crippen molar-refractivity contribution < 1.29 is 14.4 Å². The lowest BCUT2D eigenvalue weighted by Gasteiger charge is -2.39. The Hall–Kier alpha value is -2.42. The number of rotatable bonds is 3. The molecule has 2 fully saturated rings. The number of hydrogen-bond donors (Lipinski definition) is 4. The van der Waals surface area contributed by atoms with Crippen molar-refractivity contribution in [2.24, 2.45) is 16.7 Å². The summed E-state index contributed by atoms with van der Waals surface area (Å²) in [4.78, 5) is 37.6. The van der Waals surface area contributed by atoms with Crippen molar-refractivity contribution in [3.63, 3.8) is 0 Å². The molecule has 3 amide bonds. The molecular weight excluding hydrogens is 408 g/mol. The van der Waals surface area contributed by atoms with Gasteiger partial charge in [-0.15, -0.1) is 0 Å². The zero-order valence-electron chi connectivity index (χ0n) is 20.3. The highest BCUT2D eigenvalue weighted by Crippen LogP contribution is 2.38. The Balaban J connectivity index is 1.70. The van der Waals surface area contributed by atoms with E-state index in [1.807, 2.05) is 0 Å². The van der Waals surface area contributed by atoms with Gasteiger partial charge in [0.15, 0.2) is 6.29 Å². The van der Waals surface area contributed by atoms with Crippen molar-refractivity contribution in [3.8, 4) is 0 Å². The van der Waals surface area contributed by atoms with Crippen LogP contribution in [0, 0.1) is 23.7 Å². The van der Waals surface area contributed by atoms with Gasteiger partial charge in [0.2, 0.25) is 5.91 Å². The van der Waals surface area contributed by atoms with Crippen molar-refractivity contribution in [3.05, 3.63) is 11.8 Å². The van der Waals surface area contributed by atoms with E-state index < -0.39 is 18.1 Å². The third-order valence-electron chi connectivity index (χ3n) is 6.36. The van der Waals surface area contributed by atoms with Crippen LogP contribution in [-0.2, 0) is 14.4 Å². The molecule has 1 aromatic heterocycles. The molecule has 1 aromatic rings. The van der Waals surface area contributed by atoms with Gasteiger partial charge < -0.3 is 16.0 Å². The number of amides is 3. The summed E-state index contributed by atoms with van der Waals surface area (Å²) in [5, 5.41) is 16.3. The smallest absolute Gasteiger partial charge is 0.314 e. The number of nitrogens with one attached hydrogen (secondary N) is 4. The van der Waals surface area contributed by atoms with Crippen LogP contribution < -0.4 is 21.3 Å². The first-order valence-corrected chi connectivity index (χ1v) is 11.5. The lowest BCUT2D eigenvalue weighted by Crippen LogP contribution is -2.57. The number of aryl methyl sites for hydroxylation is 1. The van der Waals surface area contributed by atoms with Gasteiger partial charge in [0.05, 0.1) is 5.69 Å². The van der Waals surface area contributed by atoms with Crippen molar-refractivity contribution >= 4 is 23.5 Å². The van der Waals surface area contributed by atoms with Gasteiger partial charge >= 0.3 is 11.8 Å². The molecule has 0 aromatic carbocycles. The van der Waals surface area contributed by atoms with Crippen LogP contribution in [-0.4, -0.2) is 39.6 Å². The molecule has 1 saturated carbocycles. The summed E-state index contributed by atoms with van der Waals surface area (Å²) in [5.74, 6) is -0.638. The first-order chi connectivity index (χ1) is 14.7. The molecule has 4 atom stereocenters. The Morgan fingerprint density at radius 2 is 1.91 bits per heavy atom. The molecule has 2 heterocycles. The quantitative estimate of drug-likeness (QED) is 0.532. The Kier molecular flexibility index (Phi) is 6.70. The maximum atomic E-state index is 12.7. The van der Waals surface area contributed by atoms with E-state index in [4.69, 9.17) is 0 Å². The second kappa shape index (κ2) is 8.84. The van der Waals surface area contributed by atoms with Crippen LogP contribution in [0.25, 0.3) is 0 Å². The first kappa shape index (κ1) is 24.2. The van der Waals surface area contributed by atoms with Gasteiger partial charge in [0.1, 0.15) is 5.82 Å². The topological polar surface area (TPSA) is 117 Å². The molecule has 0 radical (unpaired) electrons. The van der Waals surface area contributed by atoms with Crippen molar-refractivity contribution in [1.82, 2.24) is 25.7 Å². The Morgan fingerprint density at radius 3 is 2.53 bits per heavy atom. The second-order valence-corrected chi connectivity index (χ2v) is 11.4. The van der Waals surface area contributed by atoms with Gasteiger partial charge in [0.25, 0.3) is 0 Å². The number of aromatic nitrogens is 2. The summed E-state index contributed by atoms with van der Waals surface area (Å²) in [6, 6.07) is 1.60. The monoisotopic (exact) mass is 446 g/mol. The molecule has 9 nitrogen and oxygen atoms in total. The normalized spacial score (nSPS) is 28.0. The third-order valence-corrected chi connectivity index (χ3v) is 6.36. The largest absolute Gasteiger partial charge is 0.345 e. The molecule has 0 spiro atoms. The fourth-order valence-electron chi connectivity index (χ4n) is 5.06. The van der Waals surface area contributed by atoms with Gasteiger partial charge in [-0.1, -0.05) is 41.5 Å². The average Bonchev–Trinajstić information content (AvgIpc) is 2.98. The zero-order chi connectivity index (χ0) is 23.8. The summed E-state index contributed by atoms with van der Waals surface area (Å²) in [7, 11) is 0. The molecule has 32 heavy (non-hydrogen) atoms. The Morgan fingerprint density at radius 1 is 1.22 bits per heavy atom. The van der Waals surface area contributed by atoms with Gasteiger partial charge in [-0.05, 0) is 42.9 Å². The lowest BCUT2D eigenvalue weighted by molar-refractivity contribution is -0.137. The summed E-state index contributed by atoms with van der Waals surface area (Å²) >= 11 is 0. The van der Waals surface area contributed by atoms with E-state index >= 15 is 0 Å². The molecule has 9 heteroatoms. The van der Waals surface area contributed by atoms with Gasteiger partial charge in [-0.3, -0.25) is 19.7 Å². The van der Waals surface area contributed by atoms with Gasteiger partial charge in [-0.25, -0.2) is 4.68 Å². The van der Waals surface area contributed by atoms with E-state index in [0.29, 0.717) is 23.9 Å². The van der Waals surface area contributed by atoms with Crippen LogP contribution in [0.1, 0.15) is 79.2 Å². The first-order valence-electron chi connectivity index (χ1n) is 11.5. The molecule has 1 aliphatic carbocycles. The molecule has 1 aliphatic heterocycles. The summed E-state index contributed by atoms with van der Waals surface area (Å²) in [5.41, 5.74) is 0.667. The minimum atomic E-state index is -0.739. The van der Waals surface area contributed by atoms with Crippen LogP contribution in [0.5, 0.6) is 0 Å². The van der Waals surface area contributed by atoms with Crippen LogP contribution >= 0.6 is 0 Å². The molecular formula is C23H38N6O3. The van der Waals surface area contributed by atoms with E-state index in [1.54, 1.807) is 13.0 Å². The molecule has 4 unspecified atom stereocenters. The van der Waals surface area contributed by atoms with Crippen molar-refractivity contribution in [2.45, 2.75) is 92.5 Å². The summed E-state index contributed by atoms with van der Waals surface area (Å²) < 4.78 is 1.52. The van der Waals surface area contributed by atoms with E-state index in [-0.39, 0.29) is 28.8 Å². The SMILES string of the molecule is Cc1cc(NC(=O)C(=O)NC2CC(C)CC(C)(C)C2)n(C2NC(=O)CC(C(C)(C)C)N2)n1. The highest BCUT2D eigenvalue weighted by atomic mass is 16.2. The van der Waals surface area contributed by atoms with Crippen LogP contribution in [0.4, 0.5) is 5.82 Å². The van der Waals surface area contributed by atoms with E-state index in [0.717, 1.165) is 19.3 Å². The zero-order valence-corrected chi connectivity index (χ0v) is 20.3. The minimum absolute atomic E-state index is 0.0227. The lowest BCUT2D eigenvalue weighted by atomic mass is 9.70. The standard InChI is InChI=1S/C23H38N6O3/c1-13-8-15(12-23(6,7)11-13)24-19(31)20(32)26-17-9-14(2)28-29(17)21-25-16(22(3,4)5)10-18(30)27-21/h9,13,15-16,21,25H,8,10-12H2,1-7H3,(H,24,31)(H,26,32)(H,27,30). The van der Waals surface area contributed by atoms with Crippen LogP contribution in [0.2, 0.25) is 0 Å². The molecule has 2 aliphatic rings.